The van der Waals surface area contributed by atoms with Crippen LogP contribution in [-0.4, -0.2) is 21.8 Å². The fourth-order valence-electron chi connectivity index (χ4n) is 6.65. The van der Waals surface area contributed by atoms with E-state index >= 15 is 0 Å². The maximum Gasteiger partial charge on any atom is 0.223 e. The van der Waals surface area contributed by atoms with Gasteiger partial charge in [-0.05, 0) is 56.2 Å². The molecule has 5 rings (SSSR count). The third kappa shape index (κ3) is 2.14. The quantitative estimate of drug-likeness (QED) is 0.100. The number of hydrogen-bond donors (Lipinski definition) is 0. The zero-order valence-corrected chi connectivity index (χ0v) is 30.6. The summed E-state index contributed by atoms with van der Waals surface area (Å²) in [5, 5.41) is 2.10. The van der Waals surface area contributed by atoms with Gasteiger partial charge in [0.1, 0.15) is 0 Å². The van der Waals surface area contributed by atoms with Crippen molar-refractivity contribution in [2.75, 3.05) is 0 Å². The Labute approximate surface area is 213 Å². The Hall–Kier alpha value is 4.00. The van der Waals surface area contributed by atoms with E-state index in [4.69, 9.17) is 0 Å². The SMILES string of the molecule is CC(C)(C)C1=PC2(C(C)(C)C)P3P1P1C4(C(C)(C)C)P3P2C1(C(C)(C)C)[Si]4(I)I. The fraction of sp³-hybridized carbons (Fsp3) is 0.950. The largest absolute Gasteiger partial charge is 0.223 e. The van der Waals surface area contributed by atoms with Crippen molar-refractivity contribution in [3.8, 4) is 0 Å². The van der Waals surface area contributed by atoms with Crippen LogP contribution in [0, 0.1) is 21.7 Å². The highest BCUT2D eigenvalue weighted by Crippen LogP contribution is 3.46. The summed E-state index contributed by atoms with van der Waals surface area (Å²) in [6, 6.07) is 0. The van der Waals surface area contributed by atoms with Crippen LogP contribution < -0.4 is 0 Å². The predicted molar refractivity (Wildman–Crippen MR) is 166 cm³/mol. The Morgan fingerprint density at radius 2 is 1.17 bits per heavy atom. The topological polar surface area (TPSA) is 0 Å². The lowest BCUT2D eigenvalue weighted by Gasteiger charge is -2.75. The van der Waals surface area contributed by atoms with Crippen molar-refractivity contribution in [1.29, 1.82) is 0 Å². The molecule has 0 radical (unpaired) electrons. The van der Waals surface area contributed by atoms with E-state index in [2.05, 4.69) is 132 Å². The molecule has 5 aliphatic rings. The fourth-order valence-corrected chi connectivity index (χ4v) is 160. The summed E-state index contributed by atoms with van der Waals surface area (Å²) in [5.74, 6) is 0. The first kappa shape index (κ1) is 24.7. The van der Waals surface area contributed by atoms with Crippen LogP contribution in [0.5, 0.6) is 0 Å². The van der Waals surface area contributed by atoms with E-state index in [1.54, 1.807) is 0 Å². The molecule has 29 heavy (non-hydrogen) atoms. The summed E-state index contributed by atoms with van der Waals surface area (Å²) < 4.78 is 0.933. The van der Waals surface area contributed by atoms with Gasteiger partial charge in [-0.3, -0.25) is 0 Å². The third-order valence-corrected chi connectivity index (χ3v) is 89.8. The minimum absolute atomic E-state index is 0.188. The van der Waals surface area contributed by atoms with Gasteiger partial charge < -0.3 is 0 Å². The van der Waals surface area contributed by atoms with E-state index < -0.39 is 3.07 Å². The van der Waals surface area contributed by atoms with Crippen LogP contribution in [0.1, 0.15) is 83.1 Å². The first-order valence-electron chi connectivity index (χ1n) is 10.7. The molecular weight excluding hydrogens is 708 g/mol. The van der Waals surface area contributed by atoms with Crippen LogP contribution in [-0.2, 0) is 0 Å². The second kappa shape index (κ2) is 6.10. The predicted octanol–water partition coefficient (Wildman–Crippen LogP) is 11.8. The van der Waals surface area contributed by atoms with Crippen LogP contribution in [0.2, 0.25) is 0 Å². The van der Waals surface area contributed by atoms with E-state index in [0.29, 0.717) is 36.3 Å². The Bertz CT molecular complexity index is 862. The Balaban J connectivity index is 1.88. The van der Waals surface area contributed by atoms with Crippen molar-refractivity contribution in [3.05, 3.63) is 0 Å². The van der Waals surface area contributed by atoms with Crippen LogP contribution in [0.4, 0.5) is 0 Å². The van der Waals surface area contributed by atoms with Gasteiger partial charge in [-0.25, -0.2) is 0 Å². The van der Waals surface area contributed by atoms with Crippen molar-refractivity contribution in [1.82, 2.24) is 0 Å². The standard InChI is InChI=1S/C20H36I2P6Si/c1-14(2,3)13-23-18(15(4,5)6)25-19(16(7,8)9)26-20(17(10,11)12,29(19,21)22)28(25)27(18)24(13)26/h1-12H3. The summed E-state index contributed by atoms with van der Waals surface area (Å²) in [6.07, 6.45) is 0. The number of hydrogen-bond acceptors (Lipinski definition) is 0. The summed E-state index contributed by atoms with van der Waals surface area (Å²) in [5.41, 5.74) is 1.95. The van der Waals surface area contributed by atoms with Gasteiger partial charge in [0.15, 0.2) is 0 Å². The molecule has 5 heterocycles. The second-order valence-corrected chi connectivity index (χ2v) is 57.1. The zero-order valence-electron chi connectivity index (χ0n) is 19.9. The van der Waals surface area contributed by atoms with E-state index in [-0.39, 0.29) is 22.5 Å². The first-order chi connectivity index (χ1) is 12.7. The third-order valence-electron chi connectivity index (χ3n) is 7.62. The maximum atomic E-state index is 3.20. The van der Waals surface area contributed by atoms with E-state index in [1.807, 2.05) is 8.20 Å². The Kier molecular flexibility index (Phi) is 5.19. The lowest BCUT2D eigenvalue weighted by Crippen LogP contribution is -2.74. The molecule has 4 bridgehead atoms. The van der Waals surface area contributed by atoms with Crippen molar-refractivity contribution in [2.24, 2.45) is 21.7 Å². The number of rotatable bonds is 0. The van der Waals surface area contributed by atoms with Gasteiger partial charge >= 0.3 is 0 Å². The molecule has 0 aromatic heterocycles. The molecule has 8 atom stereocenters. The molecule has 4 saturated heterocycles. The smallest absolute Gasteiger partial charge is 0.102 e. The maximum absolute atomic E-state index is 3.20. The van der Waals surface area contributed by atoms with Crippen LogP contribution >= 0.6 is 88.9 Å². The van der Waals surface area contributed by atoms with Crippen molar-refractivity contribution in [2.45, 2.75) is 96.8 Å². The minimum Gasteiger partial charge on any atom is -0.102 e. The van der Waals surface area contributed by atoms with E-state index in [9.17, 15) is 0 Å². The average Bonchev–Trinajstić information content (AvgIpc) is 2.97. The monoisotopic (exact) mass is 744 g/mol. The van der Waals surface area contributed by atoms with E-state index in [1.165, 1.54) is 0 Å². The van der Waals surface area contributed by atoms with Crippen LogP contribution in [0.3, 0.4) is 0 Å². The molecule has 0 aromatic rings. The van der Waals surface area contributed by atoms with Gasteiger partial charge in [-0.15, -0.1) is 43.6 Å². The Morgan fingerprint density at radius 3 is 1.55 bits per heavy atom. The summed E-state index contributed by atoms with van der Waals surface area (Å²) in [6.45, 7) is 31.9. The van der Waals surface area contributed by atoms with Gasteiger partial charge in [0.2, 0.25) is 3.07 Å². The van der Waals surface area contributed by atoms with Gasteiger partial charge in [-0.2, -0.15) is 0 Å². The highest BCUT2D eigenvalue weighted by atomic mass is 127. The lowest BCUT2D eigenvalue weighted by molar-refractivity contribution is 0.370. The lowest BCUT2D eigenvalue weighted by atomic mass is 9.98. The molecular formula is C20H36I2P6Si. The van der Waals surface area contributed by atoms with Gasteiger partial charge in [-0.1, -0.05) is 98.9 Å². The molecule has 164 valence electrons. The highest BCUT2D eigenvalue weighted by Gasteiger charge is 3.07. The van der Waals surface area contributed by atoms with Crippen LogP contribution in [0.25, 0.3) is 0 Å². The molecule has 0 nitrogen and oxygen atoms in total. The summed E-state index contributed by atoms with van der Waals surface area (Å²) >= 11 is 6.41. The molecule has 0 saturated carbocycles. The molecule has 0 amide bonds. The van der Waals surface area contributed by atoms with Gasteiger partial charge in [0, 0.05) is 9.04 Å². The molecule has 0 spiro atoms. The molecule has 5 aliphatic heterocycles. The zero-order chi connectivity index (χ0) is 22.2. The highest BCUT2D eigenvalue weighted by molar-refractivity contribution is 14.3. The first-order valence-corrected chi connectivity index (χ1v) is 29.3. The average molecular weight is 744 g/mol. The van der Waals surface area contributed by atoms with E-state index in [0.717, 1.165) is 13.7 Å². The molecule has 8 unspecified atom stereocenters. The van der Waals surface area contributed by atoms with Crippen molar-refractivity contribution in [3.63, 3.8) is 0 Å². The normalized spacial score (nSPS) is 52.2. The van der Waals surface area contributed by atoms with Gasteiger partial charge in [0.25, 0.3) is 0 Å². The summed E-state index contributed by atoms with van der Waals surface area (Å²) in [7, 11) is 3.06. The number of fused-ring (bicyclic) bond motifs is 2. The molecule has 0 aromatic carbocycles. The molecule has 0 N–H and O–H groups in total. The van der Waals surface area contributed by atoms with Crippen molar-refractivity contribution < 1.29 is 0 Å². The van der Waals surface area contributed by atoms with Crippen LogP contribution in [0.15, 0.2) is 0 Å². The van der Waals surface area contributed by atoms with Crippen molar-refractivity contribution >= 4 is 97.0 Å². The molecule has 4 fully saturated rings. The minimum atomic E-state index is -1.42. The Morgan fingerprint density at radius 1 is 0.690 bits per heavy atom. The second-order valence-electron chi connectivity index (χ2n) is 13.5. The van der Waals surface area contributed by atoms with Gasteiger partial charge in [0.05, 0.1) is 4.64 Å². The number of halogens is 2. The molecule has 9 heteroatoms. The summed E-state index contributed by atoms with van der Waals surface area (Å²) in [4.78, 5) is 0. The molecule has 0 aliphatic carbocycles.